The molecule has 0 fully saturated rings. The molecule has 1 N–H and O–H groups in total. The van der Waals surface area contributed by atoms with Crippen LogP contribution in [-0.2, 0) is 17.6 Å². The van der Waals surface area contributed by atoms with E-state index >= 15 is 0 Å². The van der Waals surface area contributed by atoms with Crippen LogP contribution in [0.25, 0.3) is 0 Å². The van der Waals surface area contributed by atoms with E-state index in [1.54, 1.807) is 11.8 Å². The summed E-state index contributed by atoms with van der Waals surface area (Å²) in [6.45, 7) is 2.73. The molecule has 0 aromatic heterocycles. The number of nitrogens with one attached hydrogen (secondary N) is 1. The van der Waals surface area contributed by atoms with Gasteiger partial charge in [0.05, 0.1) is 5.25 Å². The Morgan fingerprint density at radius 2 is 2.18 bits per heavy atom. The molecule has 4 heteroatoms. The van der Waals surface area contributed by atoms with E-state index in [4.69, 9.17) is 11.6 Å². The molecule has 2 aromatic rings. The van der Waals surface area contributed by atoms with Crippen molar-refractivity contribution in [1.82, 2.24) is 5.32 Å². The van der Waals surface area contributed by atoms with Crippen LogP contribution < -0.4 is 5.32 Å². The van der Waals surface area contributed by atoms with Gasteiger partial charge in [-0.1, -0.05) is 41.4 Å². The molecule has 0 aliphatic carbocycles. The molecular formula is C18H18ClNOS. The number of thioether (sulfide) groups is 1. The van der Waals surface area contributed by atoms with E-state index in [9.17, 15) is 4.79 Å². The van der Waals surface area contributed by atoms with Gasteiger partial charge in [0.15, 0.2) is 0 Å². The SMILES string of the molecule is Cc1ccc2c(c1)SC(C(=O)NCCc1cccc(Cl)c1)C2. The normalized spacial score (nSPS) is 16.4. The second kappa shape index (κ2) is 6.76. The first-order valence-corrected chi connectivity index (χ1v) is 8.66. The molecule has 2 aromatic carbocycles. The van der Waals surface area contributed by atoms with E-state index in [0.717, 1.165) is 23.4 Å². The van der Waals surface area contributed by atoms with Gasteiger partial charge in [-0.25, -0.2) is 0 Å². The summed E-state index contributed by atoms with van der Waals surface area (Å²) in [6, 6.07) is 14.2. The van der Waals surface area contributed by atoms with Crippen LogP contribution in [0.3, 0.4) is 0 Å². The van der Waals surface area contributed by atoms with Gasteiger partial charge in [-0.3, -0.25) is 4.79 Å². The summed E-state index contributed by atoms with van der Waals surface area (Å²) in [6.07, 6.45) is 1.62. The van der Waals surface area contributed by atoms with Crippen molar-refractivity contribution in [2.45, 2.75) is 29.9 Å². The summed E-state index contributed by atoms with van der Waals surface area (Å²) in [5.74, 6) is 0.126. The van der Waals surface area contributed by atoms with E-state index in [-0.39, 0.29) is 11.2 Å². The molecule has 3 rings (SSSR count). The Kier molecular flexibility index (Phi) is 4.74. The Bertz CT molecular complexity index is 701. The number of fused-ring (bicyclic) bond motifs is 1. The summed E-state index contributed by atoms with van der Waals surface area (Å²) in [7, 11) is 0. The molecule has 1 amide bonds. The van der Waals surface area contributed by atoms with Gasteiger partial charge in [0.1, 0.15) is 0 Å². The highest BCUT2D eigenvalue weighted by molar-refractivity contribution is 8.01. The van der Waals surface area contributed by atoms with Crippen molar-refractivity contribution in [3.05, 3.63) is 64.2 Å². The minimum atomic E-state index is -0.00355. The fourth-order valence-electron chi connectivity index (χ4n) is 2.62. The molecule has 0 saturated heterocycles. The first-order valence-electron chi connectivity index (χ1n) is 7.40. The maximum absolute atomic E-state index is 12.3. The molecular weight excluding hydrogens is 314 g/mol. The number of rotatable bonds is 4. The molecule has 1 heterocycles. The Labute approximate surface area is 140 Å². The molecule has 1 aliphatic heterocycles. The van der Waals surface area contributed by atoms with Gasteiger partial charge in [0.2, 0.25) is 5.91 Å². The van der Waals surface area contributed by atoms with Crippen molar-refractivity contribution in [3.8, 4) is 0 Å². The topological polar surface area (TPSA) is 29.1 Å². The van der Waals surface area contributed by atoms with Gasteiger partial charge in [-0.05, 0) is 49.1 Å². The third-order valence-electron chi connectivity index (χ3n) is 3.79. The molecule has 1 unspecified atom stereocenters. The van der Waals surface area contributed by atoms with Crippen molar-refractivity contribution < 1.29 is 4.79 Å². The fraction of sp³-hybridized carbons (Fsp3) is 0.278. The van der Waals surface area contributed by atoms with Crippen LogP contribution in [0.15, 0.2) is 47.4 Å². The van der Waals surface area contributed by atoms with E-state index in [0.29, 0.717) is 6.54 Å². The number of halogens is 1. The number of hydrogen-bond acceptors (Lipinski definition) is 2. The molecule has 0 saturated carbocycles. The zero-order valence-electron chi connectivity index (χ0n) is 12.4. The van der Waals surface area contributed by atoms with Crippen LogP contribution in [0.4, 0.5) is 0 Å². The minimum Gasteiger partial charge on any atom is -0.355 e. The van der Waals surface area contributed by atoms with Gasteiger partial charge in [0, 0.05) is 16.5 Å². The highest BCUT2D eigenvalue weighted by Gasteiger charge is 2.27. The smallest absolute Gasteiger partial charge is 0.233 e. The van der Waals surface area contributed by atoms with Gasteiger partial charge < -0.3 is 5.32 Å². The Morgan fingerprint density at radius 3 is 3.00 bits per heavy atom. The van der Waals surface area contributed by atoms with Crippen molar-refractivity contribution in [1.29, 1.82) is 0 Å². The molecule has 1 aliphatic rings. The average molecular weight is 332 g/mol. The van der Waals surface area contributed by atoms with Gasteiger partial charge in [0.25, 0.3) is 0 Å². The number of benzene rings is 2. The molecule has 2 nitrogen and oxygen atoms in total. The van der Waals surface area contributed by atoms with Crippen LogP contribution in [0, 0.1) is 6.92 Å². The molecule has 1 atom stereocenters. The maximum atomic E-state index is 12.3. The van der Waals surface area contributed by atoms with Crippen molar-refractivity contribution in [3.63, 3.8) is 0 Å². The maximum Gasteiger partial charge on any atom is 0.233 e. The standard InChI is InChI=1S/C18H18ClNOS/c1-12-5-6-14-11-17(22-16(14)9-12)18(21)20-8-7-13-3-2-4-15(19)10-13/h2-6,9-10,17H,7-8,11H2,1H3,(H,20,21). The average Bonchev–Trinajstić information content (AvgIpc) is 2.90. The number of amides is 1. The first-order chi connectivity index (χ1) is 10.6. The summed E-state index contributed by atoms with van der Waals surface area (Å²) in [4.78, 5) is 13.5. The van der Waals surface area contributed by atoms with Crippen LogP contribution in [0.1, 0.15) is 16.7 Å². The zero-order chi connectivity index (χ0) is 15.5. The zero-order valence-corrected chi connectivity index (χ0v) is 14.0. The molecule has 114 valence electrons. The fourth-order valence-corrected chi connectivity index (χ4v) is 4.15. The molecule has 22 heavy (non-hydrogen) atoms. The summed E-state index contributed by atoms with van der Waals surface area (Å²) in [5, 5.41) is 3.77. The predicted octanol–water partition coefficient (Wildman–Crippen LogP) is 4.02. The van der Waals surface area contributed by atoms with Crippen LogP contribution in [-0.4, -0.2) is 17.7 Å². The second-order valence-electron chi connectivity index (χ2n) is 5.59. The highest BCUT2D eigenvalue weighted by Crippen LogP contribution is 2.37. The van der Waals surface area contributed by atoms with E-state index in [1.807, 2.05) is 24.3 Å². The summed E-state index contributed by atoms with van der Waals surface area (Å²) < 4.78 is 0. The number of aryl methyl sites for hydroxylation is 1. The Balaban J connectivity index is 1.51. The van der Waals surface area contributed by atoms with Crippen LogP contribution >= 0.6 is 23.4 Å². The number of carbonyl (C=O) groups is 1. The Morgan fingerprint density at radius 1 is 1.32 bits per heavy atom. The Hall–Kier alpha value is -1.45. The lowest BCUT2D eigenvalue weighted by Gasteiger charge is -2.10. The number of hydrogen-bond donors (Lipinski definition) is 1. The van der Waals surface area contributed by atoms with Gasteiger partial charge in [-0.2, -0.15) is 0 Å². The van der Waals surface area contributed by atoms with Crippen LogP contribution in [0.5, 0.6) is 0 Å². The first kappa shape index (κ1) is 15.4. The summed E-state index contributed by atoms with van der Waals surface area (Å²) >= 11 is 7.64. The van der Waals surface area contributed by atoms with E-state index in [2.05, 4.69) is 30.4 Å². The highest BCUT2D eigenvalue weighted by atomic mass is 35.5. The van der Waals surface area contributed by atoms with Crippen molar-refractivity contribution >= 4 is 29.3 Å². The second-order valence-corrected chi connectivity index (χ2v) is 7.27. The monoisotopic (exact) mass is 331 g/mol. The molecule has 0 radical (unpaired) electrons. The minimum absolute atomic E-state index is 0.00355. The lowest BCUT2D eigenvalue weighted by atomic mass is 10.1. The van der Waals surface area contributed by atoms with Crippen LogP contribution in [0.2, 0.25) is 5.02 Å². The quantitative estimate of drug-likeness (QED) is 0.916. The van der Waals surface area contributed by atoms with Gasteiger partial charge >= 0.3 is 0 Å². The van der Waals surface area contributed by atoms with E-state index in [1.165, 1.54) is 16.0 Å². The van der Waals surface area contributed by atoms with E-state index < -0.39 is 0 Å². The van der Waals surface area contributed by atoms with Gasteiger partial charge in [-0.15, -0.1) is 11.8 Å². The molecule has 0 spiro atoms. The lowest BCUT2D eigenvalue weighted by Crippen LogP contribution is -2.33. The predicted molar refractivity (Wildman–Crippen MR) is 92.7 cm³/mol. The largest absolute Gasteiger partial charge is 0.355 e. The van der Waals surface area contributed by atoms with Crippen molar-refractivity contribution in [2.75, 3.05) is 6.54 Å². The number of carbonyl (C=O) groups excluding carboxylic acids is 1. The lowest BCUT2D eigenvalue weighted by molar-refractivity contribution is -0.120. The molecule has 0 bridgehead atoms. The third kappa shape index (κ3) is 3.65. The summed E-state index contributed by atoms with van der Waals surface area (Å²) in [5.41, 5.74) is 3.67. The van der Waals surface area contributed by atoms with Crippen molar-refractivity contribution in [2.24, 2.45) is 0 Å². The third-order valence-corrected chi connectivity index (χ3v) is 5.33.